The van der Waals surface area contributed by atoms with Crippen LogP contribution in [0.3, 0.4) is 0 Å². The van der Waals surface area contributed by atoms with Crippen LogP contribution in [0.5, 0.6) is 5.75 Å². The third kappa shape index (κ3) is 1.71. The molecule has 2 aromatic rings. The fourth-order valence-electron chi connectivity index (χ4n) is 2.07. The second kappa shape index (κ2) is 4.09. The van der Waals surface area contributed by atoms with Crippen molar-refractivity contribution in [3.8, 4) is 16.9 Å². The molecule has 0 radical (unpaired) electrons. The van der Waals surface area contributed by atoms with Crippen LogP contribution in [-0.4, -0.2) is 5.16 Å². The Bertz CT molecular complexity index is 546. The normalized spacial score (nSPS) is 14.2. The van der Waals surface area contributed by atoms with E-state index in [0.29, 0.717) is 0 Å². The van der Waals surface area contributed by atoms with Gasteiger partial charge in [0.2, 0.25) is 0 Å². The van der Waals surface area contributed by atoms with Gasteiger partial charge in [-0.15, -0.1) is 0 Å². The van der Waals surface area contributed by atoms with Gasteiger partial charge in [0.15, 0.2) is 5.75 Å². The molecule has 1 aromatic carbocycles. The fourth-order valence-corrected chi connectivity index (χ4v) is 2.62. The summed E-state index contributed by atoms with van der Waals surface area (Å²) in [5.74, 6) is 1.73. The number of rotatable bonds is 1. The van der Waals surface area contributed by atoms with Gasteiger partial charge in [-0.05, 0) is 13.8 Å². The number of hydrogen-bond donors (Lipinski definition) is 1. The summed E-state index contributed by atoms with van der Waals surface area (Å²) in [6.07, 6.45) is 0. The summed E-state index contributed by atoms with van der Waals surface area (Å²) in [5, 5.41) is 3.99. The first kappa shape index (κ1) is 10.7. The zero-order valence-corrected chi connectivity index (χ0v) is 10.4. The molecule has 17 heavy (non-hydrogen) atoms. The van der Waals surface area contributed by atoms with Crippen LogP contribution in [0.15, 0.2) is 22.7 Å². The largest absolute Gasteiger partial charge is 0.409 e. The number of benzene rings is 1. The maximum absolute atomic E-state index is 5.62. The summed E-state index contributed by atoms with van der Waals surface area (Å²) >= 11 is 1.26. The van der Waals surface area contributed by atoms with Crippen molar-refractivity contribution >= 4 is 12.2 Å². The lowest BCUT2D eigenvalue weighted by atomic mass is 10.00. The smallest absolute Gasteiger partial charge is 0.151 e. The lowest BCUT2D eigenvalue weighted by Crippen LogP contribution is -2.13. The van der Waals surface area contributed by atoms with E-state index < -0.39 is 0 Å². The van der Waals surface area contributed by atoms with Gasteiger partial charge in [0, 0.05) is 17.7 Å². The lowest BCUT2D eigenvalue weighted by Gasteiger charge is -2.18. The van der Waals surface area contributed by atoms with Crippen LogP contribution in [0.2, 0.25) is 0 Å². The summed E-state index contributed by atoms with van der Waals surface area (Å²) < 4.78 is 13.9. The summed E-state index contributed by atoms with van der Waals surface area (Å²) in [5.41, 5.74) is 4.13. The van der Waals surface area contributed by atoms with E-state index in [9.17, 15) is 0 Å². The number of aromatic nitrogens is 1. The second-order valence-electron chi connectivity index (χ2n) is 3.98. The van der Waals surface area contributed by atoms with Crippen molar-refractivity contribution in [1.29, 1.82) is 0 Å². The van der Waals surface area contributed by atoms with Crippen molar-refractivity contribution in [1.82, 2.24) is 9.88 Å². The predicted octanol–water partition coefficient (Wildman–Crippen LogP) is 3.00. The van der Waals surface area contributed by atoms with E-state index in [0.717, 1.165) is 40.4 Å². The minimum atomic E-state index is 0.803. The molecule has 1 aliphatic heterocycles. The van der Waals surface area contributed by atoms with Crippen LogP contribution in [0.25, 0.3) is 11.1 Å². The van der Waals surface area contributed by atoms with E-state index in [1.807, 2.05) is 26.0 Å². The molecule has 2 heterocycles. The van der Waals surface area contributed by atoms with Crippen molar-refractivity contribution in [3.05, 3.63) is 35.2 Å². The van der Waals surface area contributed by atoms with E-state index in [1.54, 1.807) is 0 Å². The van der Waals surface area contributed by atoms with E-state index in [4.69, 9.17) is 8.71 Å². The van der Waals surface area contributed by atoms with Crippen molar-refractivity contribution in [2.45, 2.75) is 20.4 Å². The number of para-hydroxylation sites is 1. The first-order chi connectivity index (χ1) is 8.27. The molecule has 0 saturated heterocycles. The molecule has 0 spiro atoms. The summed E-state index contributed by atoms with van der Waals surface area (Å²) in [7, 11) is 0. The number of nitrogens with zero attached hydrogens (tertiary/aromatic N) is 1. The van der Waals surface area contributed by atoms with Crippen molar-refractivity contribution in [3.63, 3.8) is 0 Å². The topological polar surface area (TPSA) is 47.3 Å². The van der Waals surface area contributed by atoms with Crippen molar-refractivity contribution < 1.29 is 8.71 Å². The van der Waals surface area contributed by atoms with Crippen LogP contribution in [0, 0.1) is 13.8 Å². The van der Waals surface area contributed by atoms with Gasteiger partial charge in [-0.3, -0.25) is 0 Å². The predicted molar refractivity (Wildman–Crippen MR) is 66.5 cm³/mol. The molecule has 0 atom stereocenters. The standard InChI is InChI=1S/C12H12N2O2S/c1-7-11(8(2)15-14-7)10-5-3-4-9-6-13-17-16-12(9)10/h3-5,13H,6H2,1-2H3. The number of fused-ring (bicyclic) bond motifs is 1. The van der Waals surface area contributed by atoms with Crippen LogP contribution >= 0.6 is 12.2 Å². The lowest BCUT2D eigenvalue weighted by molar-refractivity contribution is 0.393. The zero-order valence-electron chi connectivity index (χ0n) is 9.61. The first-order valence-electron chi connectivity index (χ1n) is 5.39. The minimum Gasteiger partial charge on any atom is -0.409 e. The van der Waals surface area contributed by atoms with E-state index in [1.165, 1.54) is 12.2 Å². The molecule has 4 nitrogen and oxygen atoms in total. The highest BCUT2D eigenvalue weighted by molar-refractivity contribution is 7.93. The average Bonchev–Trinajstić information content (AvgIpc) is 2.69. The number of hydrogen-bond acceptors (Lipinski definition) is 5. The molecule has 1 aromatic heterocycles. The maximum atomic E-state index is 5.62. The molecule has 0 bridgehead atoms. The van der Waals surface area contributed by atoms with Crippen LogP contribution < -0.4 is 8.91 Å². The summed E-state index contributed by atoms with van der Waals surface area (Å²) in [4.78, 5) is 0. The van der Waals surface area contributed by atoms with E-state index in [2.05, 4.69) is 15.9 Å². The molecule has 1 aliphatic rings. The van der Waals surface area contributed by atoms with Gasteiger partial charge >= 0.3 is 0 Å². The number of aryl methyl sites for hydroxylation is 2. The third-order valence-corrected chi connectivity index (χ3v) is 3.36. The quantitative estimate of drug-likeness (QED) is 0.621. The van der Waals surface area contributed by atoms with Gasteiger partial charge in [-0.2, -0.15) is 0 Å². The molecular formula is C12H12N2O2S. The van der Waals surface area contributed by atoms with Gasteiger partial charge in [-0.25, -0.2) is 4.72 Å². The Morgan fingerprint density at radius 1 is 1.35 bits per heavy atom. The molecule has 88 valence electrons. The Labute approximate surface area is 104 Å². The Hall–Kier alpha value is -1.46. The minimum absolute atomic E-state index is 0.803. The molecule has 5 heteroatoms. The average molecular weight is 248 g/mol. The Morgan fingerprint density at radius 2 is 2.24 bits per heavy atom. The van der Waals surface area contributed by atoms with E-state index in [-0.39, 0.29) is 0 Å². The maximum Gasteiger partial charge on any atom is 0.151 e. The first-order valence-corrected chi connectivity index (χ1v) is 6.13. The molecule has 0 amide bonds. The fraction of sp³-hybridized carbons (Fsp3) is 0.250. The van der Waals surface area contributed by atoms with Crippen LogP contribution in [0.4, 0.5) is 0 Å². The Kier molecular flexibility index (Phi) is 2.57. The second-order valence-corrected chi connectivity index (χ2v) is 4.60. The molecular weight excluding hydrogens is 236 g/mol. The molecule has 0 saturated carbocycles. The SMILES string of the molecule is Cc1noc(C)c1-c1cccc2c1OSNC2. The van der Waals surface area contributed by atoms with Gasteiger partial charge < -0.3 is 8.71 Å². The Balaban J connectivity index is 2.21. The van der Waals surface area contributed by atoms with Crippen LogP contribution in [-0.2, 0) is 6.54 Å². The summed E-state index contributed by atoms with van der Waals surface area (Å²) in [6.45, 7) is 4.67. The highest BCUT2D eigenvalue weighted by Crippen LogP contribution is 2.39. The molecule has 0 fully saturated rings. The van der Waals surface area contributed by atoms with Crippen molar-refractivity contribution in [2.24, 2.45) is 0 Å². The van der Waals surface area contributed by atoms with Crippen LogP contribution in [0.1, 0.15) is 17.0 Å². The molecule has 1 N–H and O–H groups in total. The highest BCUT2D eigenvalue weighted by atomic mass is 32.2. The van der Waals surface area contributed by atoms with Gasteiger partial charge in [-0.1, -0.05) is 23.4 Å². The van der Waals surface area contributed by atoms with E-state index >= 15 is 0 Å². The zero-order chi connectivity index (χ0) is 11.8. The van der Waals surface area contributed by atoms with Gasteiger partial charge in [0.05, 0.1) is 11.3 Å². The third-order valence-electron chi connectivity index (χ3n) is 2.85. The molecule has 3 rings (SSSR count). The number of nitrogens with one attached hydrogen (secondary N) is 1. The highest BCUT2D eigenvalue weighted by Gasteiger charge is 2.20. The summed E-state index contributed by atoms with van der Waals surface area (Å²) in [6, 6.07) is 6.13. The van der Waals surface area contributed by atoms with Gasteiger partial charge in [0.1, 0.15) is 18.0 Å². The Morgan fingerprint density at radius 3 is 3.00 bits per heavy atom. The molecule has 0 aliphatic carbocycles. The molecule has 0 unspecified atom stereocenters. The van der Waals surface area contributed by atoms with Gasteiger partial charge in [0.25, 0.3) is 0 Å². The van der Waals surface area contributed by atoms with Crippen molar-refractivity contribution in [2.75, 3.05) is 0 Å². The monoisotopic (exact) mass is 248 g/mol.